The first-order valence-corrected chi connectivity index (χ1v) is 4.47. The van der Waals surface area contributed by atoms with Crippen molar-refractivity contribution in [3.8, 4) is 0 Å². The Bertz CT molecular complexity index is 339. The summed E-state index contributed by atoms with van der Waals surface area (Å²) < 4.78 is 1.79. The van der Waals surface area contributed by atoms with Crippen LogP contribution in [0.4, 0.5) is 5.82 Å². The number of carbonyl (C=O) groups is 1. The number of carbonyl (C=O) groups excluding carboxylic acids is 1. The van der Waals surface area contributed by atoms with E-state index in [0.29, 0.717) is 0 Å². The zero-order chi connectivity index (χ0) is 9.42. The standard InChI is InChI=1S/C9H13N3O/c1-7-8(6-13)9(11(2)10-7)12-4-3-5-12/h6H,3-5H2,1-2H3. The van der Waals surface area contributed by atoms with Crippen LogP contribution in [-0.4, -0.2) is 29.2 Å². The molecule has 0 spiro atoms. The maximum absolute atomic E-state index is 10.8. The number of hydrogen-bond donors (Lipinski definition) is 0. The van der Waals surface area contributed by atoms with Crippen molar-refractivity contribution < 1.29 is 4.79 Å². The Balaban J connectivity index is 2.46. The summed E-state index contributed by atoms with van der Waals surface area (Å²) in [6.07, 6.45) is 2.11. The van der Waals surface area contributed by atoms with Gasteiger partial charge < -0.3 is 4.90 Å². The summed E-state index contributed by atoms with van der Waals surface area (Å²) in [6.45, 7) is 3.95. The van der Waals surface area contributed by atoms with Gasteiger partial charge in [-0.1, -0.05) is 0 Å². The predicted molar refractivity (Wildman–Crippen MR) is 50.2 cm³/mol. The molecule has 13 heavy (non-hydrogen) atoms. The Morgan fingerprint density at radius 3 is 2.62 bits per heavy atom. The number of nitrogens with zero attached hydrogens (tertiary/aromatic N) is 3. The Hall–Kier alpha value is -1.32. The molecule has 0 amide bonds. The van der Waals surface area contributed by atoms with Crippen LogP contribution in [-0.2, 0) is 7.05 Å². The summed E-state index contributed by atoms with van der Waals surface area (Å²) >= 11 is 0. The highest BCUT2D eigenvalue weighted by Gasteiger charge is 2.22. The minimum absolute atomic E-state index is 0.738. The van der Waals surface area contributed by atoms with Gasteiger partial charge in [0.25, 0.3) is 0 Å². The molecule has 2 heterocycles. The monoisotopic (exact) mass is 179 g/mol. The van der Waals surface area contributed by atoms with Gasteiger partial charge in [-0.2, -0.15) is 5.10 Å². The Morgan fingerprint density at radius 1 is 1.46 bits per heavy atom. The molecule has 1 fully saturated rings. The van der Waals surface area contributed by atoms with Gasteiger partial charge in [-0.25, -0.2) is 0 Å². The van der Waals surface area contributed by atoms with Crippen molar-refractivity contribution >= 4 is 12.1 Å². The smallest absolute Gasteiger partial charge is 0.155 e. The molecule has 0 saturated carbocycles. The number of anilines is 1. The van der Waals surface area contributed by atoms with Crippen LogP contribution in [0.5, 0.6) is 0 Å². The number of aryl methyl sites for hydroxylation is 2. The van der Waals surface area contributed by atoms with Gasteiger partial charge in [0.15, 0.2) is 6.29 Å². The molecular weight excluding hydrogens is 166 g/mol. The second kappa shape index (κ2) is 2.87. The summed E-state index contributed by atoms with van der Waals surface area (Å²) in [6, 6.07) is 0. The summed E-state index contributed by atoms with van der Waals surface area (Å²) in [5.74, 6) is 0.971. The molecule has 0 unspecified atom stereocenters. The molecule has 1 saturated heterocycles. The minimum atomic E-state index is 0.738. The molecule has 4 heteroatoms. The van der Waals surface area contributed by atoms with Crippen LogP contribution in [0.1, 0.15) is 22.5 Å². The van der Waals surface area contributed by atoms with Gasteiger partial charge in [0, 0.05) is 20.1 Å². The van der Waals surface area contributed by atoms with Crippen molar-refractivity contribution in [3.63, 3.8) is 0 Å². The molecule has 2 rings (SSSR count). The highest BCUT2D eigenvalue weighted by molar-refractivity contribution is 5.85. The second-order valence-electron chi connectivity index (χ2n) is 3.40. The van der Waals surface area contributed by atoms with Crippen molar-refractivity contribution in [1.82, 2.24) is 9.78 Å². The van der Waals surface area contributed by atoms with Crippen LogP contribution in [0, 0.1) is 6.92 Å². The fourth-order valence-corrected chi connectivity index (χ4v) is 1.70. The summed E-state index contributed by atoms with van der Waals surface area (Å²) in [5.41, 5.74) is 1.56. The minimum Gasteiger partial charge on any atom is -0.356 e. The van der Waals surface area contributed by atoms with Crippen molar-refractivity contribution in [2.24, 2.45) is 7.05 Å². The Labute approximate surface area is 77.1 Å². The van der Waals surface area contributed by atoms with Crippen molar-refractivity contribution in [3.05, 3.63) is 11.3 Å². The molecule has 0 bridgehead atoms. The van der Waals surface area contributed by atoms with E-state index in [2.05, 4.69) is 10.00 Å². The molecule has 70 valence electrons. The maximum atomic E-state index is 10.8. The highest BCUT2D eigenvalue weighted by atomic mass is 16.1. The number of aldehydes is 1. The van der Waals surface area contributed by atoms with Crippen LogP contribution in [0.2, 0.25) is 0 Å². The SMILES string of the molecule is Cc1nn(C)c(N2CCC2)c1C=O. The van der Waals surface area contributed by atoms with Gasteiger partial charge in [-0.05, 0) is 13.3 Å². The third kappa shape index (κ3) is 1.13. The zero-order valence-electron chi connectivity index (χ0n) is 7.95. The molecule has 1 aliphatic heterocycles. The van der Waals surface area contributed by atoms with E-state index in [1.54, 1.807) is 4.68 Å². The van der Waals surface area contributed by atoms with E-state index in [-0.39, 0.29) is 0 Å². The van der Waals surface area contributed by atoms with Crippen molar-refractivity contribution in [2.75, 3.05) is 18.0 Å². The fourth-order valence-electron chi connectivity index (χ4n) is 1.70. The lowest BCUT2D eigenvalue weighted by Crippen LogP contribution is -2.38. The number of rotatable bonds is 2. The first-order valence-electron chi connectivity index (χ1n) is 4.47. The molecule has 1 aromatic heterocycles. The van der Waals surface area contributed by atoms with Crippen LogP contribution in [0.3, 0.4) is 0 Å². The lowest BCUT2D eigenvalue weighted by Gasteiger charge is -2.33. The van der Waals surface area contributed by atoms with Gasteiger partial charge in [-0.3, -0.25) is 9.48 Å². The average Bonchev–Trinajstić information content (AvgIpc) is 2.24. The number of aromatic nitrogens is 2. The first-order chi connectivity index (χ1) is 6.24. The van der Waals surface area contributed by atoms with Crippen LogP contribution >= 0.6 is 0 Å². The quantitative estimate of drug-likeness (QED) is 0.629. The van der Waals surface area contributed by atoms with Gasteiger partial charge in [0.2, 0.25) is 0 Å². The molecule has 0 atom stereocenters. The van der Waals surface area contributed by atoms with Crippen LogP contribution in [0.15, 0.2) is 0 Å². The van der Waals surface area contributed by atoms with E-state index in [0.717, 1.165) is 36.5 Å². The van der Waals surface area contributed by atoms with Gasteiger partial charge in [-0.15, -0.1) is 0 Å². The van der Waals surface area contributed by atoms with E-state index >= 15 is 0 Å². The molecular formula is C9H13N3O. The van der Waals surface area contributed by atoms with Crippen molar-refractivity contribution in [2.45, 2.75) is 13.3 Å². The largest absolute Gasteiger partial charge is 0.356 e. The van der Waals surface area contributed by atoms with Gasteiger partial charge in [0.1, 0.15) is 5.82 Å². The highest BCUT2D eigenvalue weighted by Crippen LogP contribution is 2.25. The molecule has 0 N–H and O–H groups in total. The molecule has 0 radical (unpaired) electrons. The average molecular weight is 179 g/mol. The van der Waals surface area contributed by atoms with Gasteiger partial charge >= 0.3 is 0 Å². The zero-order valence-corrected chi connectivity index (χ0v) is 7.95. The van der Waals surface area contributed by atoms with E-state index in [9.17, 15) is 4.79 Å². The molecule has 0 aliphatic carbocycles. The van der Waals surface area contributed by atoms with E-state index in [4.69, 9.17) is 0 Å². The molecule has 1 aromatic rings. The topological polar surface area (TPSA) is 38.1 Å². The molecule has 1 aliphatic rings. The van der Waals surface area contributed by atoms with E-state index in [1.807, 2.05) is 14.0 Å². The van der Waals surface area contributed by atoms with Gasteiger partial charge in [0.05, 0.1) is 11.3 Å². The predicted octanol–water partition coefficient (Wildman–Crippen LogP) is 0.751. The Kier molecular flexibility index (Phi) is 1.83. The lowest BCUT2D eigenvalue weighted by molar-refractivity contribution is 0.112. The molecule has 0 aromatic carbocycles. The van der Waals surface area contributed by atoms with Crippen molar-refractivity contribution in [1.29, 1.82) is 0 Å². The summed E-state index contributed by atoms with van der Waals surface area (Å²) in [4.78, 5) is 13.0. The van der Waals surface area contributed by atoms with Crippen LogP contribution in [0.25, 0.3) is 0 Å². The third-order valence-corrected chi connectivity index (χ3v) is 2.51. The Morgan fingerprint density at radius 2 is 2.15 bits per heavy atom. The second-order valence-corrected chi connectivity index (χ2v) is 3.40. The first kappa shape index (κ1) is 8.29. The summed E-state index contributed by atoms with van der Waals surface area (Å²) in [7, 11) is 1.88. The maximum Gasteiger partial charge on any atom is 0.155 e. The lowest BCUT2D eigenvalue weighted by atomic mass is 10.2. The van der Waals surface area contributed by atoms with E-state index in [1.165, 1.54) is 6.42 Å². The third-order valence-electron chi connectivity index (χ3n) is 2.51. The van der Waals surface area contributed by atoms with E-state index < -0.39 is 0 Å². The fraction of sp³-hybridized carbons (Fsp3) is 0.556. The number of hydrogen-bond acceptors (Lipinski definition) is 3. The summed E-state index contributed by atoms with van der Waals surface area (Å²) in [5, 5.41) is 4.23. The normalized spacial score (nSPS) is 15.7. The van der Waals surface area contributed by atoms with Crippen LogP contribution < -0.4 is 4.90 Å². The molecule has 4 nitrogen and oxygen atoms in total.